The Balaban J connectivity index is 2.60. The third-order valence-corrected chi connectivity index (χ3v) is 2.38. The molecule has 0 unspecified atom stereocenters. The van der Waals surface area contributed by atoms with Gasteiger partial charge in [0.1, 0.15) is 6.04 Å². The molecule has 1 atom stereocenters. The summed E-state index contributed by atoms with van der Waals surface area (Å²) in [6, 6.07) is -0.384. The van der Waals surface area contributed by atoms with Crippen LogP contribution in [0.25, 0.3) is 0 Å². The molecule has 5 heteroatoms. The van der Waals surface area contributed by atoms with Gasteiger partial charge in [-0.05, 0) is 12.8 Å². The molecular weight excluding hydrogens is 184 g/mol. The van der Waals surface area contributed by atoms with Crippen LogP contribution in [0.2, 0.25) is 0 Å². The van der Waals surface area contributed by atoms with Crippen molar-refractivity contribution in [3.8, 4) is 0 Å². The zero-order valence-corrected chi connectivity index (χ0v) is 8.58. The second-order valence-corrected chi connectivity index (χ2v) is 3.29. The smallest absolute Gasteiger partial charge is 0.266 e. The predicted octanol–water partition coefficient (Wildman–Crippen LogP) is 0.0650. The molecule has 0 aromatic carbocycles. The lowest BCUT2D eigenvalue weighted by Gasteiger charge is -2.24. The average Bonchev–Trinajstić information content (AvgIpc) is 2.54. The molecule has 0 spiro atoms. The normalized spacial score (nSPS) is 18.4. The van der Waals surface area contributed by atoms with E-state index in [-0.39, 0.29) is 17.9 Å². The summed E-state index contributed by atoms with van der Waals surface area (Å²) in [4.78, 5) is 29.0. The maximum Gasteiger partial charge on any atom is 0.266 e. The zero-order valence-electron chi connectivity index (χ0n) is 8.58. The van der Waals surface area contributed by atoms with E-state index in [1.54, 1.807) is 4.90 Å². The highest BCUT2D eigenvalue weighted by Gasteiger charge is 2.31. The van der Waals surface area contributed by atoms with Gasteiger partial charge in [0.05, 0.1) is 7.11 Å². The molecule has 5 nitrogen and oxygen atoms in total. The van der Waals surface area contributed by atoms with Gasteiger partial charge in [-0.1, -0.05) is 6.92 Å². The number of likely N-dealkylation sites (tertiary alicyclic amines) is 1. The van der Waals surface area contributed by atoms with Crippen LogP contribution in [0, 0.1) is 0 Å². The number of rotatable bonds is 4. The van der Waals surface area contributed by atoms with E-state index in [2.05, 4.69) is 10.3 Å². The minimum Gasteiger partial charge on any atom is -0.331 e. The molecule has 1 N–H and O–H groups in total. The van der Waals surface area contributed by atoms with Crippen LogP contribution >= 0.6 is 0 Å². The van der Waals surface area contributed by atoms with Crippen LogP contribution in [-0.2, 0) is 14.4 Å². The number of carbonyl (C=O) groups is 2. The lowest BCUT2D eigenvalue weighted by Crippen LogP contribution is -2.46. The van der Waals surface area contributed by atoms with Crippen LogP contribution in [0.4, 0.5) is 0 Å². The Kier molecular flexibility index (Phi) is 3.88. The molecule has 0 radical (unpaired) electrons. The highest BCUT2D eigenvalue weighted by Crippen LogP contribution is 2.15. The van der Waals surface area contributed by atoms with Gasteiger partial charge in [0.15, 0.2) is 0 Å². The van der Waals surface area contributed by atoms with E-state index in [9.17, 15) is 9.59 Å². The van der Waals surface area contributed by atoms with Crippen molar-refractivity contribution in [3.05, 3.63) is 0 Å². The van der Waals surface area contributed by atoms with Gasteiger partial charge in [-0.3, -0.25) is 14.4 Å². The molecule has 1 rings (SSSR count). The molecule has 14 heavy (non-hydrogen) atoms. The fraction of sp³-hybridized carbons (Fsp3) is 0.778. The minimum absolute atomic E-state index is 0.0584. The van der Waals surface area contributed by atoms with Gasteiger partial charge in [0.2, 0.25) is 5.91 Å². The van der Waals surface area contributed by atoms with Gasteiger partial charge >= 0.3 is 0 Å². The van der Waals surface area contributed by atoms with Crippen LogP contribution in [0.1, 0.15) is 26.2 Å². The number of nitrogens with zero attached hydrogens (tertiary/aromatic N) is 1. The second kappa shape index (κ2) is 4.95. The van der Waals surface area contributed by atoms with Crippen LogP contribution in [0.15, 0.2) is 0 Å². The van der Waals surface area contributed by atoms with E-state index in [4.69, 9.17) is 0 Å². The first-order chi connectivity index (χ1) is 6.70. The molecule has 80 valence electrons. The summed E-state index contributed by atoms with van der Waals surface area (Å²) < 4.78 is 0. The topological polar surface area (TPSA) is 58.6 Å². The standard InChI is InChI=1S/C9H16N2O3/c1-3-7(9(13)10-14-2)11-6-4-5-8(11)12/h7H,3-6H2,1-2H3,(H,10,13)/t7-/m1/s1. The van der Waals surface area contributed by atoms with Crippen molar-refractivity contribution < 1.29 is 14.4 Å². The number of amides is 2. The van der Waals surface area contributed by atoms with E-state index in [1.807, 2.05) is 6.92 Å². The van der Waals surface area contributed by atoms with Gasteiger partial charge < -0.3 is 4.90 Å². The lowest BCUT2D eigenvalue weighted by molar-refractivity contribution is -0.143. The van der Waals surface area contributed by atoms with Gasteiger partial charge in [-0.2, -0.15) is 0 Å². The molecule has 1 aliphatic heterocycles. The van der Waals surface area contributed by atoms with E-state index < -0.39 is 0 Å². The third-order valence-electron chi connectivity index (χ3n) is 2.38. The maximum atomic E-state index is 11.5. The van der Waals surface area contributed by atoms with Crippen molar-refractivity contribution in [1.29, 1.82) is 0 Å². The number of nitrogens with one attached hydrogen (secondary N) is 1. The van der Waals surface area contributed by atoms with Crippen molar-refractivity contribution in [2.45, 2.75) is 32.2 Å². The molecule has 0 aliphatic carbocycles. The Morgan fingerprint density at radius 1 is 1.71 bits per heavy atom. The summed E-state index contributed by atoms with van der Waals surface area (Å²) in [7, 11) is 1.39. The molecule has 0 saturated carbocycles. The summed E-state index contributed by atoms with van der Waals surface area (Å²) in [5.74, 6) is -0.187. The summed E-state index contributed by atoms with van der Waals surface area (Å²) in [6.07, 6.45) is 2.01. The van der Waals surface area contributed by atoms with E-state index >= 15 is 0 Å². The van der Waals surface area contributed by atoms with Gasteiger partial charge in [0.25, 0.3) is 5.91 Å². The van der Waals surface area contributed by atoms with Crippen molar-refractivity contribution >= 4 is 11.8 Å². The van der Waals surface area contributed by atoms with Gasteiger partial charge in [-0.25, -0.2) is 5.48 Å². The van der Waals surface area contributed by atoms with Crippen LogP contribution < -0.4 is 5.48 Å². The first kappa shape index (κ1) is 11.0. The van der Waals surface area contributed by atoms with Gasteiger partial charge in [-0.15, -0.1) is 0 Å². The largest absolute Gasteiger partial charge is 0.331 e. The molecule has 1 heterocycles. The predicted molar refractivity (Wildman–Crippen MR) is 50.2 cm³/mol. The van der Waals surface area contributed by atoms with Crippen molar-refractivity contribution in [1.82, 2.24) is 10.4 Å². The van der Waals surface area contributed by atoms with Crippen molar-refractivity contribution in [2.24, 2.45) is 0 Å². The molecule has 0 aromatic rings. The Hall–Kier alpha value is -1.10. The fourth-order valence-corrected chi connectivity index (χ4v) is 1.71. The molecule has 1 fully saturated rings. The summed E-state index contributed by atoms with van der Waals surface area (Å²) in [6.45, 7) is 2.56. The number of hydrogen-bond acceptors (Lipinski definition) is 3. The lowest BCUT2D eigenvalue weighted by atomic mass is 10.2. The molecule has 1 saturated heterocycles. The Morgan fingerprint density at radius 2 is 2.43 bits per heavy atom. The maximum absolute atomic E-state index is 11.5. The summed E-state index contributed by atoms with van der Waals surface area (Å²) in [5, 5.41) is 0. The third kappa shape index (κ3) is 2.23. The first-order valence-corrected chi connectivity index (χ1v) is 4.83. The number of carbonyl (C=O) groups excluding carboxylic acids is 2. The van der Waals surface area contributed by atoms with Gasteiger partial charge in [0, 0.05) is 13.0 Å². The number of hydroxylamine groups is 1. The Labute approximate surface area is 83.4 Å². The Bertz CT molecular complexity index is 230. The quantitative estimate of drug-likeness (QED) is 0.653. The highest BCUT2D eigenvalue weighted by atomic mass is 16.6. The summed E-state index contributed by atoms with van der Waals surface area (Å²) >= 11 is 0. The Morgan fingerprint density at radius 3 is 2.86 bits per heavy atom. The molecule has 2 amide bonds. The van der Waals surface area contributed by atoms with Crippen molar-refractivity contribution in [3.63, 3.8) is 0 Å². The fourth-order valence-electron chi connectivity index (χ4n) is 1.71. The molecular formula is C9H16N2O3. The minimum atomic E-state index is -0.384. The first-order valence-electron chi connectivity index (χ1n) is 4.83. The van der Waals surface area contributed by atoms with E-state index in [1.165, 1.54) is 7.11 Å². The second-order valence-electron chi connectivity index (χ2n) is 3.29. The van der Waals surface area contributed by atoms with E-state index in [0.29, 0.717) is 19.4 Å². The van der Waals surface area contributed by atoms with Crippen LogP contribution in [0.3, 0.4) is 0 Å². The number of hydrogen-bond donors (Lipinski definition) is 1. The monoisotopic (exact) mass is 200 g/mol. The SMILES string of the molecule is CC[C@H](C(=O)NOC)N1CCCC1=O. The van der Waals surface area contributed by atoms with Crippen LogP contribution in [0.5, 0.6) is 0 Å². The molecule has 1 aliphatic rings. The zero-order chi connectivity index (χ0) is 10.6. The highest BCUT2D eigenvalue weighted by molar-refractivity contribution is 5.87. The molecule has 0 bridgehead atoms. The average molecular weight is 200 g/mol. The van der Waals surface area contributed by atoms with Crippen LogP contribution in [-0.4, -0.2) is 36.4 Å². The molecule has 0 aromatic heterocycles. The summed E-state index contributed by atoms with van der Waals surface area (Å²) in [5.41, 5.74) is 2.26. The van der Waals surface area contributed by atoms with E-state index in [0.717, 1.165) is 6.42 Å². The van der Waals surface area contributed by atoms with Crippen molar-refractivity contribution in [2.75, 3.05) is 13.7 Å².